The summed E-state index contributed by atoms with van der Waals surface area (Å²) < 4.78 is 5.27. The van der Waals surface area contributed by atoms with Gasteiger partial charge in [0.2, 0.25) is 0 Å². The molecule has 0 aliphatic rings. The van der Waals surface area contributed by atoms with E-state index < -0.39 is 0 Å². The van der Waals surface area contributed by atoms with Crippen LogP contribution in [0.4, 0.5) is 0 Å². The monoisotopic (exact) mass is 207 g/mol. The second-order valence-electron chi connectivity index (χ2n) is 3.54. The molecule has 0 saturated carbocycles. The molecule has 2 N–H and O–H groups in total. The molecule has 82 valence electrons. The van der Waals surface area contributed by atoms with Gasteiger partial charge in [0.25, 0.3) is 0 Å². The number of carbonyl (C=O) groups excluding carboxylic acids is 1. The third-order valence-corrected chi connectivity index (χ3v) is 2.42. The fraction of sp³-hybridized carbons (Fsp3) is 0.417. The number of hydrogen-bond acceptors (Lipinski definition) is 3. The number of carbonyl (C=O) groups is 1. The first kappa shape index (κ1) is 11.7. The highest BCUT2D eigenvalue weighted by Gasteiger charge is 2.14. The SMILES string of the molecule is CCC(C)C(=O)Oc1ccccc1CN. The normalized spacial score (nSPS) is 12.2. The van der Waals surface area contributed by atoms with Gasteiger partial charge < -0.3 is 10.5 Å². The summed E-state index contributed by atoms with van der Waals surface area (Å²) in [7, 11) is 0. The summed E-state index contributed by atoms with van der Waals surface area (Å²) in [4.78, 5) is 11.5. The van der Waals surface area contributed by atoms with Crippen molar-refractivity contribution in [3.63, 3.8) is 0 Å². The molecule has 15 heavy (non-hydrogen) atoms. The van der Waals surface area contributed by atoms with Gasteiger partial charge in [0.15, 0.2) is 0 Å². The molecule has 0 radical (unpaired) electrons. The van der Waals surface area contributed by atoms with Crippen LogP contribution in [-0.4, -0.2) is 5.97 Å². The summed E-state index contributed by atoms with van der Waals surface area (Å²) in [5.41, 5.74) is 6.40. The fourth-order valence-corrected chi connectivity index (χ4v) is 1.15. The van der Waals surface area contributed by atoms with Crippen LogP contribution in [0, 0.1) is 5.92 Å². The average molecular weight is 207 g/mol. The molecule has 1 aromatic rings. The summed E-state index contributed by atoms with van der Waals surface area (Å²) in [6.45, 7) is 4.19. The number of ether oxygens (including phenoxy) is 1. The Morgan fingerprint density at radius 3 is 2.73 bits per heavy atom. The molecular weight excluding hydrogens is 190 g/mol. The lowest BCUT2D eigenvalue weighted by Crippen LogP contribution is -2.18. The molecule has 1 rings (SSSR count). The van der Waals surface area contributed by atoms with Gasteiger partial charge in [-0.25, -0.2) is 0 Å². The van der Waals surface area contributed by atoms with Crippen LogP contribution in [0.1, 0.15) is 25.8 Å². The molecule has 1 aromatic carbocycles. The van der Waals surface area contributed by atoms with Gasteiger partial charge in [0.1, 0.15) is 5.75 Å². The van der Waals surface area contributed by atoms with Crippen LogP contribution >= 0.6 is 0 Å². The molecule has 0 aliphatic heterocycles. The van der Waals surface area contributed by atoms with E-state index in [-0.39, 0.29) is 11.9 Å². The smallest absolute Gasteiger partial charge is 0.314 e. The van der Waals surface area contributed by atoms with Crippen LogP contribution in [0.3, 0.4) is 0 Å². The molecule has 0 fully saturated rings. The Bertz CT molecular complexity index is 336. The van der Waals surface area contributed by atoms with E-state index >= 15 is 0 Å². The second kappa shape index (κ2) is 5.51. The summed E-state index contributed by atoms with van der Waals surface area (Å²) >= 11 is 0. The van der Waals surface area contributed by atoms with E-state index in [9.17, 15) is 4.79 Å². The largest absolute Gasteiger partial charge is 0.426 e. The Morgan fingerprint density at radius 1 is 1.47 bits per heavy atom. The number of benzene rings is 1. The van der Waals surface area contributed by atoms with Crippen LogP contribution in [0.2, 0.25) is 0 Å². The zero-order valence-corrected chi connectivity index (χ0v) is 9.19. The fourth-order valence-electron chi connectivity index (χ4n) is 1.15. The predicted octanol–water partition coefficient (Wildman–Crippen LogP) is 2.10. The third kappa shape index (κ3) is 3.06. The molecule has 3 nitrogen and oxygen atoms in total. The minimum Gasteiger partial charge on any atom is -0.426 e. The molecular formula is C12H17NO2. The zero-order chi connectivity index (χ0) is 11.3. The molecule has 0 aliphatic carbocycles. The highest BCUT2D eigenvalue weighted by molar-refractivity contribution is 5.75. The van der Waals surface area contributed by atoms with Gasteiger partial charge >= 0.3 is 5.97 Å². The summed E-state index contributed by atoms with van der Waals surface area (Å²) in [6.07, 6.45) is 0.781. The summed E-state index contributed by atoms with van der Waals surface area (Å²) in [6, 6.07) is 7.34. The quantitative estimate of drug-likeness (QED) is 0.607. The van der Waals surface area contributed by atoms with E-state index in [1.54, 1.807) is 6.07 Å². The van der Waals surface area contributed by atoms with E-state index in [2.05, 4.69) is 0 Å². The van der Waals surface area contributed by atoms with Gasteiger partial charge in [-0.3, -0.25) is 4.79 Å². The summed E-state index contributed by atoms with van der Waals surface area (Å²) in [5, 5.41) is 0. The maximum atomic E-state index is 11.5. The van der Waals surface area contributed by atoms with Crippen molar-refractivity contribution in [3.8, 4) is 5.75 Å². The Hall–Kier alpha value is -1.35. The van der Waals surface area contributed by atoms with Crippen molar-refractivity contribution in [2.45, 2.75) is 26.8 Å². The molecule has 0 heterocycles. The maximum Gasteiger partial charge on any atom is 0.314 e. The first-order chi connectivity index (χ1) is 7.19. The minimum atomic E-state index is -0.196. The Morgan fingerprint density at radius 2 is 2.13 bits per heavy atom. The summed E-state index contributed by atoms with van der Waals surface area (Å²) in [5.74, 6) is 0.305. The first-order valence-corrected chi connectivity index (χ1v) is 5.18. The van der Waals surface area contributed by atoms with Gasteiger partial charge in [0.05, 0.1) is 5.92 Å². The Balaban J connectivity index is 2.76. The second-order valence-corrected chi connectivity index (χ2v) is 3.54. The number of para-hydroxylation sites is 1. The standard InChI is InChI=1S/C12H17NO2/c1-3-9(2)12(14)15-11-7-5-4-6-10(11)8-13/h4-7,9H,3,8,13H2,1-2H3. The van der Waals surface area contributed by atoms with E-state index in [0.717, 1.165) is 12.0 Å². The van der Waals surface area contributed by atoms with Crippen LogP contribution < -0.4 is 10.5 Å². The van der Waals surface area contributed by atoms with Gasteiger partial charge in [0, 0.05) is 12.1 Å². The van der Waals surface area contributed by atoms with Crippen LogP contribution in [0.25, 0.3) is 0 Å². The van der Waals surface area contributed by atoms with Gasteiger partial charge in [-0.2, -0.15) is 0 Å². The van der Waals surface area contributed by atoms with Crippen molar-refractivity contribution < 1.29 is 9.53 Å². The van der Waals surface area contributed by atoms with E-state index in [4.69, 9.17) is 10.5 Å². The number of nitrogens with two attached hydrogens (primary N) is 1. The van der Waals surface area contributed by atoms with Crippen LogP contribution in [0.5, 0.6) is 5.75 Å². The molecule has 1 atom stereocenters. The maximum absolute atomic E-state index is 11.5. The minimum absolute atomic E-state index is 0.0733. The third-order valence-electron chi connectivity index (χ3n) is 2.42. The van der Waals surface area contributed by atoms with Crippen LogP contribution in [-0.2, 0) is 11.3 Å². The van der Waals surface area contributed by atoms with E-state index in [0.29, 0.717) is 12.3 Å². The molecule has 1 unspecified atom stereocenters. The lowest BCUT2D eigenvalue weighted by molar-refractivity contribution is -0.138. The predicted molar refractivity (Wildman–Crippen MR) is 59.4 cm³/mol. The van der Waals surface area contributed by atoms with E-state index in [1.807, 2.05) is 32.0 Å². The Labute approximate surface area is 90.2 Å². The first-order valence-electron chi connectivity index (χ1n) is 5.18. The highest BCUT2D eigenvalue weighted by Crippen LogP contribution is 2.18. The van der Waals surface area contributed by atoms with Crippen molar-refractivity contribution in [2.24, 2.45) is 11.7 Å². The molecule has 0 spiro atoms. The lowest BCUT2D eigenvalue weighted by Gasteiger charge is -2.11. The van der Waals surface area contributed by atoms with Crippen molar-refractivity contribution >= 4 is 5.97 Å². The van der Waals surface area contributed by atoms with Crippen molar-refractivity contribution in [3.05, 3.63) is 29.8 Å². The van der Waals surface area contributed by atoms with Gasteiger partial charge in [-0.1, -0.05) is 32.0 Å². The average Bonchev–Trinajstić information content (AvgIpc) is 2.28. The molecule has 0 amide bonds. The van der Waals surface area contributed by atoms with Gasteiger partial charge in [-0.05, 0) is 12.5 Å². The zero-order valence-electron chi connectivity index (χ0n) is 9.19. The lowest BCUT2D eigenvalue weighted by atomic mass is 10.1. The topological polar surface area (TPSA) is 52.3 Å². The number of esters is 1. The number of rotatable bonds is 4. The highest BCUT2D eigenvalue weighted by atomic mass is 16.5. The van der Waals surface area contributed by atoms with Crippen molar-refractivity contribution in [1.82, 2.24) is 0 Å². The molecule has 3 heteroatoms. The van der Waals surface area contributed by atoms with Crippen LogP contribution in [0.15, 0.2) is 24.3 Å². The molecule has 0 saturated heterocycles. The number of hydrogen-bond donors (Lipinski definition) is 1. The Kier molecular flexibility index (Phi) is 4.31. The van der Waals surface area contributed by atoms with E-state index in [1.165, 1.54) is 0 Å². The molecule has 0 aromatic heterocycles. The molecule has 0 bridgehead atoms. The van der Waals surface area contributed by atoms with Crippen molar-refractivity contribution in [1.29, 1.82) is 0 Å². The van der Waals surface area contributed by atoms with Gasteiger partial charge in [-0.15, -0.1) is 0 Å². The van der Waals surface area contributed by atoms with Crippen molar-refractivity contribution in [2.75, 3.05) is 0 Å².